The maximum atomic E-state index is 11.6. The van der Waals surface area contributed by atoms with Gasteiger partial charge in [0.2, 0.25) is 0 Å². The van der Waals surface area contributed by atoms with Crippen LogP contribution in [0.2, 0.25) is 0 Å². The summed E-state index contributed by atoms with van der Waals surface area (Å²) in [4.78, 5) is 2.38. The SMILES string of the molecule is CC1CNCCN(C2(C)CCS(=O)(=O)C2)C1. The summed E-state index contributed by atoms with van der Waals surface area (Å²) in [7, 11) is -2.79. The zero-order valence-electron chi connectivity index (χ0n) is 10.2. The average molecular weight is 246 g/mol. The first-order chi connectivity index (χ1) is 7.41. The fraction of sp³-hybridized carbons (Fsp3) is 1.00. The van der Waals surface area contributed by atoms with E-state index in [0.717, 1.165) is 32.6 Å². The molecule has 5 heteroatoms. The molecule has 2 aliphatic rings. The molecule has 0 aliphatic carbocycles. The van der Waals surface area contributed by atoms with Crippen LogP contribution in [0.3, 0.4) is 0 Å². The molecule has 0 radical (unpaired) electrons. The molecule has 2 aliphatic heterocycles. The first-order valence-electron chi connectivity index (χ1n) is 6.07. The summed E-state index contributed by atoms with van der Waals surface area (Å²) in [6, 6.07) is 0. The van der Waals surface area contributed by atoms with Crippen LogP contribution < -0.4 is 5.32 Å². The topological polar surface area (TPSA) is 49.4 Å². The van der Waals surface area contributed by atoms with Crippen molar-refractivity contribution in [2.24, 2.45) is 5.92 Å². The molecular weight excluding hydrogens is 224 g/mol. The Hall–Kier alpha value is -0.130. The molecule has 2 unspecified atom stereocenters. The van der Waals surface area contributed by atoms with Crippen LogP contribution in [0.1, 0.15) is 20.3 Å². The van der Waals surface area contributed by atoms with Gasteiger partial charge >= 0.3 is 0 Å². The molecule has 0 aromatic rings. The van der Waals surface area contributed by atoms with E-state index in [1.165, 1.54) is 0 Å². The van der Waals surface area contributed by atoms with Gasteiger partial charge in [0.1, 0.15) is 0 Å². The second kappa shape index (κ2) is 4.27. The van der Waals surface area contributed by atoms with Crippen LogP contribution in [0.5, 0.6) is 0 Å². The van der Waals surface area contributed by atoms with E-state index in [2.05, 4.69) is 24.1 Å². The number of sulfone groups is 1. The quantitative estimate of drug-likeness (QED) is 0.713. The Morgan fingerprint density at radius 2 is 2.19 bits per heavy atom. The van der Waals surface area contributed by atoms with Crippen LogP contribution in [0.15, 0.2) is 0 Å². The maximum absolute atomic E-state index is 11.6. The molecule has 16 heavy (non-hydrogen) atoms. The predicted octanol–water partition coefficient (Wildman–Crippen LogP) is 0.105. The molecule has 1 N–H and O–H groups in total. The summed E-state index contributed by atoms with van der Waals surface area (Å²) in [5, 5.41) is 3.40. The lowest BCUT2D eigenvalue weighted by Gasteiger charge is -2.37. The normalized spacial score (nSPS) is 40.8. The van der Waals surface area contributed by atoms with Gasteiger partial charge in [0, 0.05) is 25.2 Å². The molecule has 94 valence electrons. The number of hydrogen-bond acceptors (Lipinski definition) is 4. The van der Waals surface area contributed by atoms with E-state index < -0.39 is 9.84 Å². The van der Waals surface area contributed by atoms with E-state index in [0.29, 0.717) is 17.4 Å². The van der Waals surface area contributed by atoms with Gasteiger partial charge in [-0.25, -0.2) is 8.42 Å². The van der Waals surface area contributed by atoms with Crippen molar-refractivity contribution in [3.8, 4) is 0 Å². The Morgan fingerprint density at radius 1 is 1.44 bits per heavy atom. The fourth-order valence-corrected chi connectivity index (χ4v) is 5.00. The molecule has 4 nitrogen and oxygen atoms in total. The first kappa shape index (κ1) is 12.3. The Bertz CT molecular complexity index is 355. The van der Waals surface area contributed by atoms with Gasteiger partial charge in [-0.3, -0.25) is 4.90 Å². The summed E-state index contributed by atoms with van der Waals surface area (Å²) in [6.07, 6.45) is 0.794. The predicted molar refractivity (Wildman–Crippen MR) is 65.3 cm³/mol. The number of nitrogens with zero attached hydrogens (tertiary/aromatic N) is 1. The van der Waals surface area contributed by atoms with Crippen LogP contribution >= 0.6 is 0 Å². The Labute approximate surface area is 98.3 Å². The van der Waals surface area contributed by atoms with Gasteiger partial charge in [0.25, 0.3) is 0 Å². The van der Waals surface area contributed by atoms with E-state index in [9.17, 15) is 8.42 Å². The van der Waals surface area contributed by atoms with Gasteiger partial charge in [-0.2, -0.15) is 0 Å². The van der Waals surface area contributed by atoms with Gasteiger partial charge in [0.05, 0.1) is 11.5 Å². The lowest BCUT2D eigenvalue weighted by Crippen LogP contribution is -2.49. The standard InChI is InChI=1S/C11H22N2O2S/c1-10-7-12-4-5-13(8-10)11(2)3-6-16(14,15)9-11/h10,12H,3-9H2,1-2H3. The third kappa shape index (κ3) is 2.57. The highest BCUT2D eigenvalue weighted by Gasteiger charge is 2.43. The number of rotatable bonds is 1. The second-order valence-electron chi connectivity index (χ2n) is 5.59. The highest BCUT2D eigenvalue weighted by atomic mass is 32.2. The van der Waals surface area contributed by atoms with Crippen molar-refractivity contribution >= 4 is 9.84 Å². The van der Waals surface area contributed by atoms with E-state index in [1.807, 2.05) is 0 Å². The minimum atomic E-state index is -2.79. The zero-order chi connectivity index (χ0) is 11.8. The molecule has 0 saturated carbocycles. The largest absolute Gasteiger partial charge is 0.315 e. The summed E-state index contributed by atoms with van der Waals surface area (Å²) in [6.45, 7) is 8.32. The summed E-state index contributed by atoms with van der Waals surface area (Å²) in [5.41, 5.74) is -0.126. The summed E-state index contributed by atoms with van der Waals surface area (Å²) >= 11 is 0. The van der Waals surface area contributed by atoms with E-state index in [4.69, 9.17) is 0 Å². The van der Waals surface area contributed by atoms with Gasteiger partial charge in [0.15, 0.2) is 9.84 Å². The van der Waals surface area contributed by atoms with Crippen molar-refractivity contribution in [1.82, 2.24) is 10.2 Å². The Morgan fingerprint density at radius 3 is 2.81 bits per heavy atom. The molecule has 2 fully saturated rings. The van der Waals surface area contributed by atoms with Gasteiger partial charge < -0.3 is 5.32 Å². The van der Waals surface area contributed by atoms with Crippen molar-refractivity contribution < 1.29 is 8.42 Å². The zero-order valence-corrected chi connectivity index (χ0v) is 11.0. The second-order valence-corrected chi connectivity index (χ2v) is 7.78. The van der Waals surface area contributed by atoms with Crippen LogP contribution in [0, 0.1) is 5.92 Å². The number of nitrogens with one attached hydrogen (secondary N) is 1. The molecule has 0 aromatic heterocycles. The molecule has 2 atom stereocenters. The van der Waals surface area contributed by atoms with Crippen molar-refractivity contribution in [1.29, 1.82) is 0 Å². The minimum Gasteiger partial charge on any atom is -0.315 e. The average Bonchev–Trinajstić information content (AvgIpc) is 2.38. The van der Waals surface area contributed by atoms with Crippen molar-refractivity contribution in [2.45, 2.75) is 25.8 Å². The summed E-state index contributed by atoms with van der Waals surface area (Å²) < 4.78 is 23.2. The lowest BCUT2D eigenvalue weighted by atomic mass is 9.98. The van der Waals surface area contributed by atoms with Gasteiger partial charge in [-0.05, 0) is 25.8 Å². The monoisotopic (exact) mass is 246 g/mol. The van der Waals surface area contributed by atoms with Crippen LogP contribution in [-0.4, -0.2) is 56.5 Å². The third-order valence-electron chi connectivity index (χ3n) is 3.83. The third-order valence-corrected chi connectivity index (χ3v) is 5.72. The fourth-order valence-electron chi connectivity index (χ4n) is 2.83. The molecule has 2 saturated heterocycles. The van der Waals surface area contributed by atoms with Gasteiger partial charge in [-0.1, -0.05) is 6.92 Å². The van der Waals surface area contributed by atoms with Crippen molar-refractivity contribution in [3.63, 3.8) is 0 Å². The molecule has 0 amide bonds. The molecule has 0 spiro atoms. The van der Waals surface area contributed by atoms with E-state index >= 15 is 0 Å². The van der Waals surface area contributed by atoms with Crippen LogP contribution in [0.25, 0.3) is 0 Å². The Balaban J connectivity index is 2.11. The smallest absolute Gasteiger partial charge is 0.152 e. The van der Waals surface area contributed by atoms with Gasteiger partial charge in [-0.15, -0.1) is 0 Å². The summed E-state index contributed by atoms with van der Waals surface area (Å²) in [5.74, 6) is 1.30. The highest BCUT2D eigenvalue weighted by molar-refractivity contribution is 7.91. The van der Waals surface area contributed by atoms with Crippen molar-refractivity contribution in [2.75, 3.05) is 37.7 Å². The van der Waals surface area contributed by atoms with Crippen LogP contribution in [0.4, 0.5) is 0 Å². The first-order valence-corrected chi connectivity index (χ1v) is 7.90. The minimum absolute atomic E-state index is 0.126. The molecule has 2 heterocycles. The van der Waals surface area contributed by atoms with Crippen LogP contribution in [-0.2, 0) is 9.84 Å². The van der Waals surface area contributed by atoms with E-state index in [1.54, 1.807) is 0 Å². The Kier molecular flexibility index (Phi) is 3.29. The highest BCUT2D eigenvalue weighted by Crippen LogP contribution is 2.30. The molecule has 0 aromatic carbocycles. The maximum Gasteiger partial charge on any atom is 0.152 e. The van der Waals surface area contributed by atoms with Crippen molar-refractivity contribution in [3.05, 3.63) is 0 Å². The lowest BCUT2D eigenvalue weighted by molar-refractivity contribution is 0.121. The molecule has 0 bridgehead atoms. The molecular formula is C11H22N2O2S. The van der Waals surface area contributed by atoms with E-state index in [-0.39, 0.29) is 5.54 Å². The molecule has 2 rings (SSSR count). The number of hydrogen-bond donors (Lipinski definition) is 1.